The van der Waals surface area contributed by atoms with Crippen LogP contribution in [-0.2, 0) is 11.3 Å². The van der Waals surface area contributed by atoms with E-state index in [9.17, 15) is 14.0 Å². The Bertz CT molecular complexity index is 745. The molecule has 1 aliphatic heterocycles. The van der Waals surface area contributed by atoms with Gasteiger partial charge in [0.05, 0.1) is 10.3 Å². The molecule has 1 aromatic carbocycles. The van der Waals surface area contributed by atoms with Crippen LogP contribution < -0.4 is 5.32 Å². The van der Waals surface area contributed by atoms with E-state index >= 15 is 0 Å². The van der Waals surface area contributed by atoms with E-state index in [1.165, 1.54) is 23.5 Å². The van der Waals surface area contributed by atoms with Gasteiger partial charge in [-0.1, -0.05) is 18.2 Å². The molecule has 6 heteroatoms. The number of halogens is 1. The second kappa shape index (κ2) is 7.35. The van der Waals surface area contributed by atoms with Crippen LogP contribution in [0, 0.1) is 11.2 Å². The highest BCUT2D eigenvalue weighted by atomic mass is 32.1. The van der Waals surface area contributed by atoms with Gasteiger partial charge in [-0.15, -0.1) is 11.3 Å². The minimum Gasteiger partial charge on any atom is -0.351 e. The monoisotopic (exact) mass is 360 g/mol. The molecule has 2 aromatic rings. The van der Waals surface area contributed by atoms with Gasteiger partial charge in [0, 0.05) is 19.6 Å². The summed E-state index contributed by atoms with van der Waals surface area (Å²) in [6, 6.07) is 9.75. The number of rotatable bonds is 4. The summed E-state index contributed by atoms with van der Waals surface area (Å²) in [5, 5.41) is 4.81. The number of carbonyl (C=O) groups is 2. The fourth-order valence-electron chi connectivity index (χ4n) is 3.15. The first kappa shape index (κ1) is 17.6. The Hall–Kier alpha value is -2.21. The van der Waals surface area contributed by atoms with Crippen LogP contribution in [0.2, 0.25) is 0 Å². The van der Waals surface area contributed by atoms with Crippen molar-refractivity contribution in [3.8, 4) is 0 Å². The van der Waals surface area contributed by atoms with Crippen molar-refractivity contribution in [2.24, 2.45) is 5.41 Å². The number of nitrogens with one attached hydrogen (secondary N) is 1. The largest absolute Gasteiger partial charge is 0.351 e. The van der Waals surface area contributed by atoms with Crippen LogP contribution >= 0.6 is 11.3 Å². The van der Waals surface area contributed by atoms with Crippen LogP contribution in [0.15, 0.2) is 41.8 Å². The van der Waals surface area contributed by atoms with Crippen LogP contribution in [0.1, 0.15) is 35.0 Å². The van der Waals surface area contributed by atoms with Crippen molar-refractivity contribution in [2.45, 2.75) is 26.3 Å². The zero-order chi connectivity index (χ0) is 17.9. The molecular weight excluding hydrogens is 339 g/mol. The third-order valence-corrected chi connectivity index (χ3v) is 5.49. The standard InChI is InChI=1S/C19H21FN2O2S/c1-19(18(24)21-12-14-5-7-15(20)8-6-14)9-3-10-22(13-19)17(23)16-4-2-11-25-16/h2,4-8,11H,3,9-10,12-13H2,1H3,(H,21,24)/t19-/m0/s1. The van der Waals surface area contributed by atoms with E-state index in [2.05, 4.69) is 5.32 Å². The molecule has 1 fully saturated rings. The Morgan fingerprint density at radius 3 is 2.72 bits per heavy atom. The highest BCUT2D eigenvalue weighted by Crippen LogP contribution is 2.31. The SMILES string of the molecule is C[C@]1(C(=O)NCc2ccc(F)cc2)CCCN(C(=O)c2cccs2)C1. The smallest absolute Gasteiger partial charge is 0.263 e. The molecule has 1 aromatic heterocycles. The van der Waals surface area contributed by atoms with Gasteiger partial charge in [0.2, 0.25) is 5.91 Å². The third-order valence-electron chi connectivity index (χ3n) is 4.63. The fraction of sp³-hybridized carbons (Fsp3) is 0.368. The number of hydrogen-bond acceptors (Lipinski definition) is 3. The van der Waals surface area contributed by atoms with E-state index in [-0.39, 0.29) is 17.6 Å². The van der Waals surface area contributed by atoms with Crippen LogP contribution in [0.5, 0.6) is 0 Å². The number of thiophene rings is 1. The maximum atomic E-state index is 12.9. The lowest BCUT2D eigenvalue weighted by Gasteiger charge is -2.39. The zero-order valence-corrected chi connectivity index (χ0v) is 14.9. The molecule has 0 radical (unpaired) electrons. The van der Waals surface area contributed by atoms with Crippen LogP contribution in [0.25, 0.3) is 0 Å². The minimum atomic E-state index is -0.606. The molecule has 0 spiro atoms. The van der Waals surface area contributed by atoms with E-state index in [0.29, 0.717) is 24.5 Å². The molecule has 132 valence electrons. The van der Waals surface area contributed by atoms with Crippen LogP contribution in [0.4, 0.5) is 4.39 Å². The van der Waals surface area contributed by atoms with Crippen molar-refractivity contribution in [3.05, 3.63) is 58.0 Å². The molecule has 4 nitrogen and oxygen atoms in total. The molecule has 0 aliphatic carbocycles. The summed E-state index contributed by atoms with van der Waals surface area (Å²) in [5.74, 6) is -0.371. The molecule has 1 saturated heterocycles. The zero-order valence-electron chi connectivity index (χ0n) is 14.1. The lowest BCUT2D eigenvalue weighted by atomic mass is 9.80. The molecule has 2 amide bonds. The average Bonchev–Trinajstić information content (AvgIpc) is 3.15. The molecule has 1 aliphatic rings. The summed E-state index contributed by atoms with van der Waals surface area (Å²) in [4.78, 5) is 27.7. The molecule has 0 bridgehead atoms. The highest BCUT2D eigenvalue weighted by Gasteiger charge is 2.39. The summed E-state index contributed by atoms with van der Waals surface area (Å²) in [7, 11) is 0. The first-order valence-electron chi connectivity index (χ1n) is 8.33. The maximum Gasteiger partial charge on any atom is 0.263 e. The predicted molar refractivity (Wildman–Crippen MR) is 95.8 cm³/mol. The van der Waals surface area contributed by atoms with E-state index in [1.807, 2.05) is 24.4 Å². The fourth-order valence-corrected chi connectivity index (χ4v) is 3.84. The van der Waals surface area contributed by atoms with E-state index in [0.717, 1.165) is 18.4 Å². The number of benzene rings is 1. The van der Waals surface area contributed by atoms with Gasteiger partial charge < -0.3 is 10.2 Å². The Balaban J connectivity index is 1.62. The van der Waals surface area contributed by atoms with Gasteiger partial charge >= 0.3 is 0 Å². The topological polar surface area (TPSA) is 49.4 Å². The maximum absolute atomic E-state index is 12.9. The Morgan fingerprint density at radius 2 is 2.04 bits per heavy atom. The van der Waals surface area contributed by atoms with Crippen molar-refractivity contribution in [1.82, 2.24) is 10.2 Å². The van der Waals surface area contributed by atoms with Gasteiger partial charge in [0.1, 0.15) is 5.82 Å². The second-order valence-electron chi connectivity index (χ2n) is 6.68. The molecule has 1 atom stereocenters. The lowest BCUT2D eigenvalue weighted by Crippen LogP contribution is -2.51. The molecule has 3 rings (SSSR count). The highest BCUT2D eigenvalue weighted by molar-refractivity contribution is 7.12. The number of carbonyl (C=O) groups excluding carboxylic acids is 2. The van der Waals surface area contributed by atoms with Gasteiger partial charge in [0.25, 0.3) is 5.91 Å². The number of hydrogen-bond donors (Lipinski definition) is 1. The summed E-state index contributed by atoms with van der Waals surface area (Å²) in [6.45, 7) is 3.35. The summed E-state index contributed by atoms with van der Waals surface area (Å²) in [5.41, 5.74) is 0.242. The van der Waals surface area contributed by atoms with Crippen molar-refractivity contribution >= 4 is 23.2 Å². The summed E-state index contributed by atoms with van der Waals surface area (Å²) in [6.07, 6.45) is 1.55. The third kappa shape index (κ3) is 4.07. The quantitative estimate of drug-likeness (QED) is 0.908. The Labute approximate surface area is 150 Å². The number of likely N-dealkylation sites (tertiary alicyclic amines) is 1. The number of piperidine rings is 1. The summed E-state index contributed by atoms with van der Waals surface area (Å²) < 4.78 is 12.9. The number of amides is 2. The van der Waals surface area contributed by atoms with Crippen LogP contribution in [0.3, 0.4) is 0 Å². The average molecular weight is 360 g/mol. The molecular formula is C19H21FN2O2S. The van der Waals surface area contributed by atoms with Gasteiger partial charge in [-0.25, -0.2) is 4.39 Å². The van der Waals surface area contributed by atoms with Crippen molar-refractivity contribution < 1.29 is 14.0 Å². The van der Waals surface area contributed by atoms with Gasteiger partial charge in [-0.3, -0.25) is 9.59 Å². The van der Waals surface area contributed by atoms with E-state index < -0.39 is 5.41 Å². The molecule has 25 heavy (non-hydrogen) atoms. The van der Waals surface area contributed by atoms with Gasteiger partial charge in [-0.2, -0.15) is 0 Å². The number of nitrogens with zero attached hydrogens (tertiary/aromatic N) is 1. The molecule has 2 heterocycles. The van der Waals surface area contributed by atoms with E-state index in [4.69, 9.17) is 0 Å². The first-order valence-corrected chi connectivity index (χ1v) is 9.21. The first-order chi connectivity index (χ1) is 12.0. The lowest BCUT2D eigenvalue weighted by molar-refractivity contribution is -0.132. The Kier molecular flexibility index (Phi) is 5.18. The van der Waals surface area contributed by atoms with Gasteiger partial charge in [0.15, 0.2) is 0 Å². The van der Waals surface area contributed by atoms with Crippen LogP contribution in [-0.4, -0.2) is 29.8 Å². The van der Waals surface area contributed by atoms with Gasteiger partial charge in [-0.05, 0) is 48.9 Å². The van der Waals surface area contributed by atoms with Crippen molar-refractivity contribution in [2.75, 3.05) is 13.1 Å². The molecule has 0 saturated carbocycles. The van der Waals surface area contributed by atoms with Crippen molar-refractivity contribution in [1.29, 1.82) is 0 Å². The van der Waals surface area contributed by atoms with Crippen molar-refractivity contribution in [3.63, 3.8) is 0 Å². The Morgan fingerprint density at radius 1 is 1.28 bits per heavy atom. The second-order valence-corrected chi connectivity index (χ2v) is 7.63. The normalized spacial score (nSPS) is 20.3. The molecule has 1 N–H and O–H groups in total. The van der Waals surface area contributed by atoms with E-state index in [1.54, 1.807) is 17.0 Å². The summed E-state index contributed by atoms with van der Waals surface area (Å²) >= 11 is 1.42. The molecule has 0 unspecified atom stereocenters. The minimum absolute atomic E-state index is 0.00717. The predicted octanol–water partition coefficient (Wildman–Crippen LogP) is 3.45.